The van der Waals surface area contributed by atoms with Crippen LogP contribution < -0.4 is 4.89 Å². The highest BCUT2D eigenvalue weighted by Gasteiger charge is 1.84. The summed E-state index contributed by atoms with van der Waals surface area (Å²) in [5.74, 6) is 0. The molecule has 0 saturated heterocycles. The lowest BCUT2D eigenvalue weighted by Gasteiger charge is -1.76. The summed E-state index contributed by atoms with van der Waals surface area (Å²) >= 11 is 1.31. The van der Waals surface area contributed by atoms with Gasteiger partial charge in [0.15, 0.2) is 0 Å². The molecule has 0 atom stereocenters. The van der Waals surface area contributed by atoms with Gasteiger partial charge in [0, 0.05) is 11.9 Å². The van der Waals surface area contributed by atoms with Crippen molar-refractivity contribution in [3.05, 3.63) is 0 Å². The molecule has 0 fully saturated rings. The van der Waals surface area contributed by atoms with Gasteiger partial charge in [-0.3, -0.25) is 4.94 Å². The molecule has 3 nitrogen and oxygen atoms in total. The summed E-state index contributed by atoms with van der Waals surface area (Å²) in [6.07, 6.45) is 0. The zero-order valence-corrected chi connectivity index (χ0v) is 3.16. The van der Waals surface area contributed by atoms with E-state index < -0.39 is 0 Å². The first-order valence-corrected chi connectivity index (χ1v) is 1.96. The van der Waals surface area contributed by atoms with Gasteiger partial charge in [-0.05, 0) is 0 Å². The van der Waals surface area contributed by atoms with Gasteiger partial charge in [0.1, 0.15) is 5.55 Å². The van der Waals surface area contributed by atoms with Gasteiger partial charge in [0.2, 0.25) is 0 Å². The molecule has 1 aliphatic rings. The summed E-state index contributed by atoms with van der Waals surface area (Å²) in [6.45, 7) is 0. The molecule has 0 unspecified atom stereocenters. The first kappa shape index (κ1) is 2.99. The Morgan fingerprint density at radius 1 is 2.00 bits per heavy atom. The standard InChI is InChI=1S/CH2N2OS/c1-2-4-3-5-1/h1,3H. The molecule has 0 aliphatic carbocycles. The van der Waals surface area contributed by atoms with E-state index in [1.165, 1.54) is 11.9 Å². The molecule has 4 heteroatoms. The third-order valence-electron chi connectivity index (χ3n) is 0.234. The number of nitrogens with one attached hydrogen (secondary N) is 1. The minimum Gasteiger partial charge on any atom is -0.288 e. The van der Waals surface area contributed by atoms with E-state index in [9.17, 15) is 0 Å². The number of hydrogen-bond donors (Lipinski definition) is 1. The van der Waals surface area contributed by atoms with Crippen LogP contribution in [0.25, 0.3) is 0 Å². The van der Waals surface area contributed by atoms with Crippen molar-refractivity contribution in [3.63, 3.8) is 0 Å². The third kappa shape index (κ3) is 0.524. The van der Waals surface area contributed by atoms with Crippen molar-refractivity contribution in [1.82, 2.24) is 4.89 Å². The van der Waals surface area contributed by atoms with E-state index in [-0.39, 0.29) is 0 Å². The number of rotatable bonds is 0. The molecule has 1 rings (SSSR count). The quantitative estimate of drug-likeness (QED) is 0.429. The number of oxime groups is 1. The van der Waals surface area contributed by atoms with E-state index in [1.807, 2.05) is 0 Å². The van der Waals surface area contributed by atoms with Crippen LogP contribution in [-0.4, -0.2) is 5.55 Å². The Bertz CT molecular complexity index is 47.6. The van der Waals surface area contributed by atoms with Crippen LogP contribution in [0, 0.1) is 0 Å². The van der Waals surface area contributed by atoms with Crippen molar-refractivity contribution in [2.24, 2.45) is 5.16 Å². The molecule has 0 saturated carbocycles. The highest BCUT2D eigenvalue weighted by atomic mass is 32.2. The fraction of sp³-hybridized carbons (Fsp3) is 0. The molecule has 0 radical (unpaired) electrons. The van der Waals surface area contributed by atoms with Crippen molar-refractivity contribution >= 4 is 17.5 Å². The van der Waals surface area contributed by atoms with Crippen molar-refractivity contribution in [3.8, 4) is 0 Å². The first-order chi connectivity index (χ1) is 2.50. The topological polar surface area (TPSA) is 33.6 Å². The fourth-order valence-corrected chi connectivity index (χ4v) is 0.323. The predicted molar refractivity (Wildman–Crippen MR) is 20.3 cm³/mol. The average Bonchev–Trinajstić information content (AvgIpc) is 1.76. The maximum atomic E-state index is 4.23. The van der Waals surface area contributed by atoms with Gasteiger partial charge in [0.05, 0.1) is 0 Å². The van der Waals surface area contributed by atoms with Gasteiger partial charge in [-0.1, -0.05) is 10.0 Å². The normalized spacial score (nSPS) is 19.2. The fourth-order valence-electron chi connectivity index (χ4n) is 0.108. The molecular formula is CH2N2OS. The average molecular weight is 90.1 g/mol. The van der Waals surface area contributed by atoms with Crippen LogP contribution in [0.4, 0.5) is 0 Å². The van der Waals surface area contributed by atoms with E-state index in [2.05, 4.69) is 15.0 Å². The summed E-state index contributed by atoms with van der Waals surface area (Å²) in [5, 5.41) is 3.31. The SMILES string of the molecule is C1=NONS1. The number of hydrogen-bond acceptors (Lipinski definition) is 4. The van der Waals surface area contributed by atoms with Gasteiger partial charge in [-0.25, -0.2) is 0 Å². The molecule has 0 bridgehead atoms. The van der Waals surface area contributed by atoms with Gasteiger partial charge in [-0.2, -0.15) is 0 Å². The lowest BCUT2D eigenvalue weighted by molar-refractivity contribution is 0.119. The maximum Gasteiger partial charge on any atom is 0.120 e. The van der Waals surface area contributed by atoms with E-state index in [4.69, 9.17) is 0 Å². The summed E-state index contributed by atoms with van der Waals surface area (Å²) in [5.41, 5.74) is 1.57. The third-order valence-corrected chi connectivity index (χ3v) is 0.596. The van der Waals surface area contributed by atoms with E-state index in [0.717, 1.165) is 0 Å². The van der Waals surface area contributed by atoms with Crippen LogP contribution in [0.15, 0.2) is 5.16 Å². The minimum absolute atomic E-state index is 1.31. The Kier molecular flexibility index (Phi) is 0.764. The summed E-state index contributed by atoms with van der Waals surface area (Å²) < 4.78 is 0. The van der Waals surface area contributed by atoms with Crippen LogP contribution in [0.3, 0.4) is 0 Å². The molecule has 0 spiro atoms. The lowest BCUT2D eigenvalue weighted by atomic mass is 11.7. The molecule has 1 heterocycles. The highest BCUT2D eigenvalue weighted by Crippen LogP contribution is 1.92. The van der Waals surface area contributed by atoms with E-state index in [0.29, 0.717) is 0 Å². The van der Waals surface area contributed by atoms with Crippen LogP contribution >= 0.6 is 11.9 Å². The minimum atomic E-state index is 1.31. The second kappa shape index (κ2) is 1.28. The van der Waals surface area contributed by atoms with Gasteiger partial charge >= 0.3 is 0 Å². The van der Waals surface area contributed by atoms with Crippen molar-refractivity contribution in [2.75, 3.05) is 0 Å². The predicted octanol–water partition coefficient (Wildman–Crippen LogP) is 0.113. The Labute approximate surface area is 33.5 Å². The van der Waals surface area contributed by atoms with Crippen molar-refractivity contribution in [2.45, 2.75) is 0 Å². The monoisotopic (exact) mass is 90.0 g/mol. The van der Waals surface area contributed by atoms with Crippen LogP contribution in [0.2, 0.25) is 0 Å². The Balaban J connectivity index is 2.32. The Hall–Kier alpha value is -0.220. The molecule has 1 N–H and O–H groups in total. The van der Waals surface area contributed by atoms with E-state index in [1.54, 1.807) is 5.55 Å². The Morgan fingerprint density at radius 3 is 3.20 bits per heavy atom. The van der Waals surface area contributed by atoms with Crippen LogP contribution in [0.5, 0.6) is 0 Å². The molecule has 5 heavy (non-hydrogen) atoms. The highest BCUT2D eigenvalue weighted by molar-refractivity contribution is 8.10. The summed E-state index contributed by atoms with van der Waals surface area (Å²) in [4.78, 5) is 6.64. The zero-order chi connectivity index (χ0) is 3.54. The molecule has 1 aliphatic heterocycles. The van der Waals surface area contributed by atoms with Gasteiger partial charge in [-0.15, -0.1) is 0 Å². The van der Waals surface area contributed by atoms with E-state index >= 15 is 0 Å². The lowest BCUT2D eigenvalue weighted by Crippen LogP contribution is -1.88. The smallest absolute Gasteiger partial charge is 0.120 e. The van der Waals surface area contributed by atoms with Crippen molar-refractivity contribution in [1.29, 1.82) is 0 Å². The zero-order valence-electron chi connectivity index (χ0n) is 2.34. The Morgan fingerprint density at radius 2 is 3.00 bits per heavy atom. The van der Waals surface area contributed by atoms with Crippen LogP contribution in [0.1, 0.15) is 0 Å². The first-order valence-electron chi connectivity index (χ1n) is 1.08. The molecule has 0 aromatic heterocycles. The second-order valence-corrected chi connectivity index (χ2v) is 1.12. The molecule has 0 aromatic rings. The van der Waals surface area contributed by atoms with Crippen LogP contribution in [-0.2, 0) is 4.94 Å². The molecule has 0 aromatic carbocycles. The largest absolute Gasteiger partial charge is 0.288 e. The molecule has 0 amide bonds. The summed E-state index contributed by atoms with van der Waals surface area (Å²) in [6, 6.07) is 0. The molecular weight excluding hydrogens is 88.1 g/mol. The van der Waals surface area contributed by atoms with Crippen molar-refractivity contribution < 1.29 is 4.94 Å². The van der Waals surface area contributed by atoms with Gasteiger partial charge in [0.25, 0.3) is 0 Å². The molecule has 28 valence electrons. The summed E-state index contributed by atoms with van der Waals surface area (Å²) in [7, 11) is 0. The maximum absolute atomic E-state index is 4.23. The second-order valence-electron chi connectivity index (χ2n) is 0.503. The van der Waals surface area contributed by atoms with Gasteiger partial charge < -0.3 is 0 Å². The number of nitrogens with zero attached hydrogens (tertiary/aromatic N) is 1.